The lowest BCUT2D eigenvalue weighted by Gasteiger charge is -2.07. The first-order chi connectivity index (χ1) is 9.06. The van der Waals surface area contributed by atoms with Crippen molar-refractivity contribution in [3.8, 4) is 5.69 Å². The van der Waals surface area contributed by atoms with Crippen LogP contribution >= 0.6 is 23.8 Å². The van der Waals surface area contributed by atoms with Crippen LogP contribution in [0.2, 0.25) is 5.02 Å². The lowest BCUT2D eigenvalue weighted by molar-refractivity contribution is 0.791. The van der Waals surface area contributed by atoms with Gasteiger partial charge in [-0.1, -0.05) is 37.7 Å². The molecule has 19 heavy (non-hydrogen) atoms. The minimum absolute atomic E-state index is 0.292. The first kappa shape index (κ1) is 14.0. The van der Waals surface area contributed by atoms with Crippen molar-refractivity contribution >= 4 is 28.8 Å². The highest BCUT2D eigenvalue weighted by molar-refractivity contribution is 7.80. The molecule has 1 heterocycles. The average Bonchev–Trinajstić information content (AvgIpc) is 2.81. The lowest BCUT2D eigenvalue weighted by atomic mass is 10.2. The van der Waals surface area contributed by atoms with Crippen molar-refractivity contribution in [1.29, 1.82) is 0 Å². The molecule has 1 aromatic carbocycles. The van der Waals surface area contributed by atoms with Crippen LogP contribution in [0, 0.1) is 0 Å². The molecular weight excluding hydrogens is 280 g/mol. The van der Waals surface area contributed by atoms with Gasteiger partial charge in [-0.3, -0.25) is 0 Å². The minimum Gasteiger partial charge on any atom is -0.389 e. The van der Waals surface area contributed by atoms with Crippen LogP contribution in [0.4, 0.5) is 0 Å². The van der Waals surface area contributed by atoms with Gasteiger partial charge in [0.1, 0.15) is 10.8 Å². The maximum absolute atomic E-state index is 6.18. The highest BCUT2D eigenvalue weighted by Crippen LogP contribution is 2.21. The Labute approximate surface area is 122 Å². The molecular formula is C13H15ClN4S. The van der Waals surface area contributed by atoms with Gasteiger partial charge in [0.25, 0.3) is 0 Å². The van der Waals surface area contributed by atoms with Crippen molar-refractivity contribution < 1.29 is 0 Å². The van der Waals surface area contributed by atoms with E-state index in [4.69, 9.17) is 29.6 Å². The number of hydrogen-bond acceptors (Lipinski definition) is 3. The van der Waals surface area contributed by atoms with Crippen LogP contribution in [0.5, 0.6) is 0 Å². The Kier molecular flexibility index (Phi) is 4.17. The third-order valence-electron chi connectivity index (χ3n) is 2.81. The molecule has 0 saturated heterocycles. The zero-order valence-electron chi connectivity index (χ0n) is 10.9. The van der Waals surface area contributed by atoms with Crippen LogP contribution in [0.25, 0.3) is 5.69 Å². The predicted octanol–water partition coefficient (Wildman–Crippen LogP) is 2.68. The van der Waals surface area contributed by atoms with Gasteiger partial charge < -0.3 is 5.73 Å². The summed E-state index contributed by atoms with van der Waals surface area (Å²) < 4.78 is 1.81. The van der Waals surface area contributed by atoms with Gasteiger partial charge in [-0.2, -0.15) is 5.10 Å². The molecule has 0 saturated carbocycles. The molecule has 0 aliphatic heterocycles. The summed E-state index contributed by atoms with van der Waals surface area (Å²) in [5, 5.41) is 5.00. The topological polar surface area (TPSA) is 56.7 Å². The summed E-state index contributed by atoms with van der Waals surface area (Å²) >= 11 is 11.1. The highest BCUT2D eigenvalue weighted by atomic mass is 35.5. The van der Waals surface area contributed by atoms with E-state index in [0.717, 1.165) is 30.2 Å². The number of halogens is 1. The Morgan fingerprint density at radius 2 is 2.11 bits per heavy atom. The van der Waals surface area contributed by atoms with E-state index in [-0.39, 0.29) is 0 Å². The van der Waals surface area contributed by atoms with Crippen molar-refractivity contribution in [2.24, 2.45) is 5.73 Å². The first-order valence-corrected chi connectivity index (χ1v) is 6.90. The maximum Gasteiger partial charge on any atom is 0.151 e. The number of thiocarbonyl (C=S) groups is 1. The van der Waals surface area contributed by atoms with Crippen LogP contribution < -0.4 is 5.73 Å². The van der Waals surface area contributed by atoms with E-state index in [1.165, 1.54) is 0 Å². The molecule has 0 aliphatic rings. The molecule has 2 aromatic rings. The molecule has 0 bridgehead atoms. The smallest absolute Gasteiger partial charge is 0.151 e. The van der Waals surface area contributed by atoms with Crippen molar-refractivity contribution in [1.82, 2.24) is 14.8 Å². The fourth-order valence-electron chi connectivity index (χ4n) is 1.81. The molecule has 1 aromatic heterocycles. The number of nitrogens with zero attached hydrogens (tertiary/aromatic N) is 3. The van der Waals surface area contributed by atoms with Gasteiger partial charge in [0.15, 0.2) is 5.82 Å². The third kappa shape index (κ3) is 2.77. The Bertz CT molecular complexity index is 621. The second-order valence-electron chi connectivity index (χ2n) is 4.09. The van der Waals surface area contributed by atoms with Gasteiger partial charge in [-0.15, -0.1) is 0 Å². The van der Waals surface area contributed by atoms with Gasteiger partial charge in [-0.25, -0.2) is 9.67 Å². The van der Waals surface area contributed by atoms with Crippen LogP contribution in [0.15, 0.2) is 18.2 Å². The van der Waals surface area contributed by atoms with E-state index < -0.39 is 0 Å². The van der Waals surface area contributed by atoms with Gasteiger partial charge in [-0.05, 0) is 18.2 Å². The monoisotopic (exact) mass is 294 g/mol. The third-order valence-corrected chi connectivity index (χ3v) is 3.35. The molecule has 2 rings (SSSR count). The van der Waals surface area contributed by atoms with Crippen molar-refractivity contribution in [2.45, 2.75) is 26.7 Å². The van der Waals surface area contributed by atoms with Crippen LogP contribution in [0.3, 0.4) is 0 Å². The molecule has 0 spiro atoms. The quantitative estimate of drug-likeness (QED) is 0.881. The van der Waals surface area contributed by atoms with Crippen LogP contribution in [-0.2, 0) is 12.8 Å². The first-order valence-electron chi connectivity index (χ1n) is 6.11. The van der Waals surface area contributed by atoms with Crippen molar-refractivity contribution in [2.75, 3.05) is 0 Å². The summed E-state index contributed by atoms with van der Waals surface area (Å²) in [5.74, 6) is 1.74. The zero-order chi connectivity index (χ0) is 14.0. The van der Waals surface area contributed by atoms with E-state index >= 15 is 0 Å². The highest BCUT2D eigenvalue weighted by Gasteiger charge is 2.11. The molecule has 0 fully saturated rings. The van der Waals surface area contributed by atoms with Crippen molar-refractivity contribution in [3.63, 3.8) is 0 Å². The number of aryl methyl sites for hydroxylation is 2. The molecule has 100 valence electrons. The summed E-state index contributed by atoms with van der Waals surface area (Å²) in [5.41, 5.74) is 7.14. The number of benzene rings is 1. The van der Waals surface area contributed by atoms with E-state index in [9.17, 15) is 0 Å². The van der Waals surface area contributed by atoms with E-state index in [0.29, 0.717) is 15.6 Å². The van der Waals surface area contributed by atoms with Crippen molar-refractivity contribution in [3.05, 3.63) is 40.4 Å². The number of rotatable bonds is 4. The number of aromatic nitrogens is 3. The van der Waals surface area contributed by atoms with E-state index in [1.54, 1.807) is 0 Å². The Morgan fingerprint density at radius 3 is 2.63 bits per heavy atom. The summed E-state index contributed by atoms with van der Waals surface area (Å²) in [6.45, 7) is 4.08. The Hall–Kier alpha value is -1.46. The van der Waals surface area contributed by atoms with Gasteiger partial charge in [0.05, 0.1) is 10.7 Å². The standard InChI is InChI=1S/C13H15ClN4S/c1-3-11-16-12(4-2)18(17-11)8-5-6-9(13(15)19)10(14)7-8/h5-7H,3-4H2,1-2H3,(H2,15,19). The number of hydrogen-bond donors (Lipinski definition) is 1. The van der Waals surface area contributed by atoms with Crippen LogP contribution in [-0.4, -0.2) is 19.8 Å². The van der Waals surface area contributed by atoms with Gasteiger partial charge >= 0.3 is 0 Å². The number of nitrogens with two attached hydrogens (primary N) is 1. The second kappa shape index (κ2) is 5.67. The SMILES string of the molecule is CCc1nc(CC)n(-c2ccc(C(N)=S)c(Cl)c2)n1. The molecule has 2 N–H and O–H groups in total. The summed E-state index contributed by atoms with van der Waals surface area (Å²) in [6.07, 6.45) is 1.61. The normalized spacial score (nSPS) is 10.7. The molecule has 0 radical (unpaired) electrons. The summed E-state index contributed by atoms with van der Waals surface area (Å²) in [6, 6.07) is 5.52. The fourth-order valence-corrected chi connectivity index (χ4v) is 2.32. The van der Waals surface area contributed by atoms with E-state index in [1.807, 2.05) is 36.7 Å². The molecule has 4 nitrogen and oxygen atoms in total. The maximum atomic E-state index is 6.18. The molecule has 6 heteroatoms. The summed E-state index contributed by atoms with van der Waals surface area (Å²) in [7, 11) is 0. The average molecular weight is 295 g/mol. The molecule has 0 aliphatic carbocycles. The summed E-state index contributed by atoms with van der Waals surface area (Å²) in [4.78, 5) is 4.76. The predicted molar refractivity (Wildman–Crippen MR) is 81.0 cm³/mol. The lowest BCUT2D eigenvalue weighted by Crippen LogP contribution is -2.10. The van der Waals surface area contributed by atoms with Gasteiger partial charge in [0.2, 0.25) is 0 Å². The Morgan fingerprint density at radius 1 is 1.37 bits per heavy atom. The fraction of sp³-hybridized carbons (Fsp3) is 0.308. The molecule has 0 amide bonds. The zero-order valence-corrected chi connectivity index (χ0v) is 12.4. The second-order valence-corrected chi connectivity index (χ2v) is 4.94. The minimum atomic E-state index is 0.292. The van der Waals surface area contributed by atoms with E-state index in [2.05, 4.69) is 10.1 Å². The molecule has 0 unspecified atom stereocenters. The molecule has 0 atom stereocenters. The van der Waals surface area contributed by atoms with Crippen LogP contribution in [0.1, 0.15) is 31.1 Å². The Balaban J connectivity index is 2.50. The van der Waals surface area contributed by atoms with Gasteiger partial charge in [0, 0.05) is 18.4 Å². The largest absolute Gasteiger partial charge is 0.389 e.